The van der Waals surface area contributed by atoms with E-state index in [1.54, 1.807) is 12.6 Å². The van der Waals surface area contributed by atoms with Crippen LogP contribution in [0.1, 0.15) is 31.9 Å². The van der Waals surface area contributed by atoms with Crippen molar-refractivity contribution in [2.75, 3.05) is 0 Å². The summed E-state index contributed by atoms with van der Waals surface area (Å²) in [5.41, 5.74) is 0. The van der Waals surface area contributed by atoms with Crippen molar-refractivity contribution in [2.45, 2.75) is 45.8 Å². The van der Waals surface area contributed by atoms with Gasteiger partial charge in [0.05, 0.1) is 12.8 Å². The van der Waals surface area contributed by atoms with E-state index in [4.69, 9.17) is 4.42 Å². The van der Waals surface area contributed by atoms with Crippen LogP contribution >= 0.6 is 0 Å². The van der Waals surface area contributed by atoms with Crippen molar-refractivity contribution in [2.24, 2.45) is 0 Å². The quantitative estimate of drug-likeness (QED) is 0.814. The van der Waals surface area contributed by atoms with E-state index in [1.807, 2.05) is 16.8 Å². The molecule has 1 atom stereocenters. The maximum atomic E-state index is 5.33. The van der Waals surface area contributed by atoms with E-state index < -0.39 is 0 Å². The van der Waals surface area contributed by atoms with Crippen LogP contribution < -0.4 is 5.32 Å². The molecule has 5 nitrogen and oxygen atoms in total. The maximum Gasteiger partial charge on any atom is 0.140 e. The van der Waals surface area contributed by atoms with E-state index in [-0.39, 0.29) is 0 Å². The molecule has 2 aromatic heterocycles. The fourth-order valence-electron chi connectivity index (χ4n) is 1.89. The van der Waals surface area contributed by atoms with Gasteiger partial charge in [-0.2, -0.15) is 5.10 Å². The Labute approximate surface area is 107 Å². The van der Waals surface area contributed by atoms with Crippen LogP contribution in [0, 0.1) is 0 Å². The fourth-order valence-corrected chi connectivity index (χ4v) is 1.89. The minimum Gasteiger partial charge on any atom is -0.469 e. The van der Waals surface area contributed by atoms with Crippen molar-refractivity contribution in [3.8, 4) is 0 Å². The second-order valence-corrected chi connectivity index (χ2v) is 4.46. The van der Waals surface area contributed by atoms with Gasteiger partial charge in [0.25, 0.3) is 0 Å². The van der Waals surface area contributed by atoms with Crippen molar-refractivity contribution in [1.82, 2.24) is 20.1 Å². The van der Waals surface area contributed by atoms with Crippen molar-refractivity contribution in [1.29, 1.82) is 0 Å². The largest absolute Gasteiger partial charge is 0.469 e. The number of furan rings is 1. The van der Waals surface area contributed by atoms with Crippen LogP contribution in [-0.4, -0.2) is 20.8 Å². The zero-order chi connectivity index (χ0) is 12.8. The molecule has 0 bridgehead atoms. The number of hydrogen-bond acceptors (Lipinski definition) is 4. The first kappa shape index (κ1) is 12.8. The minimum absolute atomic E-state index is 0.350. The normalized spacial score (nSPS) is 12.8. The van der Waals surface area contributed by atoms with Crippen LogP contribution in [-0.2, 0) is 19.5 Å². The van der Waals surface area contributed by atoms with Crippen LogP contribution in [0.5, 0.6) is 0 Å². The summed E-state index contributed by atoms with van der Waals surface area (Å²) in [4.78, 5) is 4.27. The lowest BCUT2D eigenvalue weighted by molar-refractivity contribution is 0.445. The third-order valence-electron chi connectivity index (χ3n) is 2.83. The lowest BCUT2D eigenvalue weighted by Gasteiger charge is -2.12. The van der Waals surface area contributed by atoms with Crippen molar-refractivity contribution < 1.29 is 4.42 Å². The summed E-state index contributed by atoms with van der Waals surface area (Å²) in [6.45, 7) is 5.94. The summed E-state index contributed by atoms with van der Waals surface area (Å²) >= 11 is 0. The molecule has 2 aromatic rings. The Bertz CT molecular complexity index is 449. The smallest absolute Gasteiger partial charge is 0.140 e. The van der Waals surface area contributed by atoms with Crippen molar-refractivity contribution in [3.05, 3.63) is 36.3 Å². The lowest BCUT2D eigenvalue weighted by Crippen LogP contribution is -2.29. The molecule has 0 aromatic carbocycles. The Kier molecular flexibility index (Phi) is 4.52. The maximum absolute atomic E-state index is 5.33. The van der Waals surface area contributed by atoms with Crippen molar-refractivity contribution in [3.63, 3.8) is 0 Å². The number of nitrogens with one attached hydrogen (secondary N) is 1. The third-order valence-corrected chi connectivity index (χ3v) is 2.83. The van der Waals surface area contributed by atoms with Crippen LogP contribution in [0.25, 0.3) is 0 Å². The Morgan fingerprint density at radius 2 is 2.39 bits per heavy atom. The summed E-state index contributed by atoms with van der Waals surface area (Å²) in [6, 6.07) is 4.26. The van der Waals surface area contributed by atoms with Gasteiger partial charge in [-0.1, -0.05) is 6.92 Å². The monoisotopic (exact) mass is 248 g/mol. The summed E-state index contributed by atoms with van der Waals surface area (Å²) in [7, 11) is 0. The highest BCUT2D eigenvalue weighted by Gasteiger charge is 2.08. The van der Waals surface area contributed by atoms with Gasteiger partial charge >= 0.3 is 0 Å². The molecule has 98 valence electrons. The highest BCUT2D eigenvalue weighted by molar-refractivity contribution is 5.00. The number of nitrogens with zero attached hydrogens (tertiary/aromatic N) is 3. The first-order valence-electron chi connectivity index (χ1n) is 6.42. The number of hydrogen-bond donors (Lipinski definition) is 1. The zero-order valence-electron chi connectivity index (χ0n) is 11.0. The second kappa shape index (κ2) is 6.35. The predicted molar refractivity (Wildman–Crippen MR) is 69.0 cm³/mol. The number of aromatic nitrogens is 3. The number of aryl methyl sites for hydroxylation is 1. The highest BCUT2D eigenvalue weighted by atomic mass is 16.3. The first-order valence-corrected chi connectivity index (χ1v) is 6.42. The molecule has 0 saturated heterocycles. The Morgan fingerprint density at radius 1 is 1.50 bits per heavy atom. The molecule has 0 radical (unpaired) electrons. The van der Waals surface area contributed by atoms with E-state index >= 15 is 0 Å². The zero-order valence-corrected chi connectivity index (χ0v) is 11.0. The van der Waals surface area contributed by atoms with E-state index in [0.29, 0.717) is 6.04 Å². The molecule has 5 heteroatoms. The van der Waals surface area contributed by atoms with Gasteiger partial charge in [0.1, 0.15) is 17.9 Å². The molecule has 18 heavy (non-hydrogen) atoms. The second-order valence-electron chi connectivity index (χ2n) is 4.46. The highest BCUT2D eigenvalue weighted by Crippen LogP contribution is 2.04. The molecule has 0 saturated carbocycles. The molecular weight excluding hydrogens is 228 g/mol. The first-order chi connectivity index (χ1) is 8.79. The Balaban J connectivity index is 1.81. The van der Waals surface area contributed by atoms with Gasteiger partial charge in [0.15, 0.2) is 0 Å². The summed E-state index contributed by atoms with van der Waals surface area (Å²) in [5.74, 6) is 1.99. The fraction of sp³-hybridized carbons (Fsp3) is 0.538. The molecule has 0 spiro atoms. The topological polar surface area (TPSA) is 55.9 Å². The molecule has 2 rings (SSSR count). The minimum atomic E-state index is 0.350. The molecule has 0 amide bonds. The predicted octanol–water partition coefficient (Wildman–Crippen LogP) is 2.00. The van der Waals surface area contributed by atoms with E-state index in [2.05, 4.69) is 29.2 Å². The van der Waals surface area contributed by atoms with Gasteiger partial charge in [-0.15, -0.1) is 0 Å². The average Bonchev–Trinajstić information content (AvgIpc) is 2.99. The van der Waals surface area contributed by atoms with Crippen molar-refractivity contribution >= 4 is 0 Å². The lowest BCUT2D eigenvalue weighted by atomic mass is 10.2. The molecular formula is C13H20N4O. The van der Waals surface area contributed by atoms with Crippen LogP contribution in [0.4, 0.5) is 0 Å². The summed E-state index contributed by atoms with van der Waals surface area (Å²) < 4.78 is 7.28. The van der Waals surface area contributed by atoms with Crippen LogP contribution in [0.15, 0.2) is 29.1 Å². The number of rotatable bonds is 7. The van der Waals surface area contributed by atoms with E-state index in [1.165, 1.54) is 0 Å². The molecule has 1 N–H and O–H groups in total. The molecule has 0 aliphatic carbocycles. The standard InChI is InChI=1S/C13H20N4O/c1-3-6-17-13(15-10-16-17)9-14-11(2)8-12-5-4-7-18-12/h4-5,7,10-11,14H,3,6,8-9H2,1-2H3. The van der Waals surface area contributed by atoms with E-state index in [9.17, 15) is 0 Å². The Morgan fingerprint density at radius 3 is 3.11 bits per heavy atom. The third kappa shape index (κ3) is 3.43. The Hall–Kier alpha value is -1.62. The average molecular weight is 248 g/mol. The summed E-state index contributed by atoms with van der Waals surface area (Å²) in [6.07, 6.45) is 5.27. The van der Waals surface area contributed by atoms with E-state index in [0.717, 1.165) is 37.5 Å². The molecule has 0 fully saturated rings. The molecule has 2 heterocycles. The van der Waals surface area contributed by atoms with Gasteiger partial charge in [0, 0.05) is 19.0 Å². The summed E-state index contributed by atoms with van der Waals surface area (Å²) in [5, 5.41) is 7.65. The molecule has 0 aliphatic rings. The van der Waals surface area contributed by atoms with Gasteiger partial charge in [-0.05, 0) is 25.5 Å². The SMILES string of the molecule is CCCn1ncnc1CNC(C)Cc1ccco1. The van der Waals surface area contributed by atoms with Crippen LogP contribution in [0.2, 0.25) is 0 Å². The van der Waals surface area contributed by atoms with Crippen LogP contribution in [0.3, 0.4) is 0 Å². The van der Waals surface area contributed by atoms with Gasteiger partial charge in [0.2, 0.25) is 0 Å². The molecule has 1 unspecified atom stereocenters. The van der Waals surface area contributed by atoms with Gasteiger partial charge in [-0.3, -0.25) is 0 Å². The van der Waals surface area contributed by atoms with Gasteiger partial charge < -0.3 is 9.73 Å². The molecule has 0 aliphatic heterocycles. The van der Waals surface area contributed by atoms with Gasteiger partial charge in [-0.25, -0.2) is 9.67 Å².